The quantitative estimate of drug-likeness (QED) is 0.612. The highest BCUT2D eigenvalue weighted by Gasteiger charge is 2.33. The van der Waals surface area contributed by atoms with Crippen LogP contribution in [-0.2, 0) is 9.53 Å². The molecule has 0 aromatic heterocycles. The summed E-state index contributed by atoms with van der Waals surface area (Å²) in [6.07, 6.45) is 4.06. The Bertz CT molecular complexity index is 238. The molecule has 0 radical (unpaired) electrons. The first kappa shape index (κ1) is 15.6. The predicted molar refractivity (Wildman–Crippen MR) is 73.8 cm³/mol. The van der Waals surface area contributed by atoms with Crippen molar-refractivity contribution >= 4 is 6.29 Å². The standard InChI is InChI=1S/C14H28N2O2/c1-4-7-16(9-8-15(2)3)12-14(13-17)5-10-18-11-6-14/h13H,4-12H2,1-3H3. The van der Waals surface area contributed by atoms with Crippen LogP contribution in [0.3, 0.4) is 0 Å². The third-order valence-electron chi connectivity index (χ3n) is 3.68. The Morgan fingerprint density at radius 2 is 1.83 bits per heavy atom. The number of nitrogens with zero attached hydrogens (tertiary/aromatic N) is 2. The van der Waals surface area contributed by atoms with E-state index in [1.54, 1.807) is 0 Å². The molecule has 1 aliphatic heterocycles. The molecule has 0 amide bonds. The molecule has 0 N–H and O–H groups in total. The highest BCUT2D eigenvalue weighted by molar-refractivity contribution is 5.60. The van der Waals surface area contributed by atoms with Crippen LogP contribution >= 0.6 is 0 Å². The molecule has 0 spiro atoms. The molecular weight excluding hydrogens is 228 g/mol. The molecule has 1 saturated heterocycles. The normalized spacial score (nSPS) is 19.4. The topological polar surface area (TPSA) is 32.8 Å². The van der Waals surface area contributed by atoms with Gasteiger partial charge in [0.1, 0.15) is 6.29 Å². The zero-order chi connectivity index (χ0) is 13.4. The van der Waals surface area contributed by atoms with Gasteiger partial charge in [-0.05, 0) is 39.9 Å². The summed E-state index contributed by atoms with van der Waals surface area (Å²) in [6.45, 7) is 7.70. The highest BCUT2D eigenvalue weighted by atomic mass is 16.5. The number of ether oxygens (including phenoxy) is 1. The van der Waals surface area contributed by atoms with Crippen molar-refractivity contribution in [3.63, 3.8) is 0 Å². The van der Waals surface area contributed by atoms with E-state index in [2.05, 4.69) is 30.8 Å². The van der Waals surface area contributed by atoms with Gasteiger partial charge in [0.15, 0.2) is 0 Å². The largest absolute Gasteiger partial charge is 0.381 e. The van der Waals surface area contributed by atoms with Crippen LogP contribution in [-0.4, -0.2) is 69.6 Å². The van der Waals surface area contributed by atoms with Crippen molar-refractivity contribution in [2.45, 2.75) is 26.2 Å². The van der Waals surface area contributed by atoms with Crippen LogP contribution in [0.2, 0.25) is 0 Å². The summed E-state index contributed by atoms with van der Waals surface area (Å²) < 4.78 is 5.38. The Labute approximate surface area is 111 Å². The van der Waals surface area contributed by atoms with E-state index in [-0.39, 0.29) is 5.41 Å². The molecular formula is C14H28N2O2. The number of aldehydes is 1. The van der Waals surface area contributed by atoms with Crippen LogP contribution in [0.5, 0.6) is 0 Å². The number of hydrogen-bond acceptors (Lipinski definition) is 4. The van der Waals surface area contributed by atoms with Gasteiger partial charge in [0.25, 0.3) is 0 Å². The molecule has 18 heavy (non-hydrogen) atoms. The van der Waals surface area contributed by atoms with E-state index in [9.17, 15) is 4.79 Å². The third-order valence-corrected chi connectivity index (χ3v) is 3.68. The first-order valence-electron chi connectivity index (χ1n) is 7.03. The van der Waals surface area contributed by atoms with Gasteiger partial charge in [-0.25, -0.2) is 0 Å². The van der Waals surface area contributed by atoms with Gasteiger partial charge in [-0.15, -0.1) is 0 Å². The summed E-state index contributed by atoms with van der Waals surface area (Å²) in [4.78, 5) is 16.1. The van der Waals surface area contributed by atoms with Gasteiger partial charge >= 0.3 is 0 Å². The zero-order valence-electron chi connectivity index (χ0n) is 12.2. The monoisotopic (exact) mass is 256 g/mol. The van der Waals surface area contributed by atoms with Gasteiger partial charge in [-0.3, -0.25) is 0 Å². The van der Waals surface area contributed by atoms with Crippen LogP contribution in [0.15, 0.2) is 0 Å². The van der Waals surface area contributed by atoms with Crippen molar-refractivity contribution in [1.82, 2.24) is 9.80 Å². The summed E-state index contributed by atoms with van der Waals surface area (Å²) in [7, 11) is 4.18. The fourth-order valence-electron chi connectivity index (χ4n) is 2.46. The second kappa shape index (κ2) is 7.87. The molecule has 0 saturated carbocycles. The van der Waals surface area contributed by atoms with Crippen LogP contribution in [0.1, 0.15) is 26.2 Å². The Morgan fingerprint density at radius 3 is 2.33 bits per heavy atom. The third kappa shape index (κ3) is 5.04. The van der Waals surface area contributed by atoms with Crippen molar-refractivity contribution in [1.29, 1.82) is 0 Å². The van der Waals surface area contributed by atoms with E-state index < -0.39 is 0 Å². The SMILES string of the molecule is CCCN(CCN(C)C)CC1(C=O)CCOCC1. The molecule has 106 valence electrons. The average molecular weight is 256 g/mol. The maximum atomic E-state index is 11.5. The molecule has 0 unspecified atom stereocenters. The lowest BCUT2D eigenvalue weighted by Crippen LogP contribution is -2.44. The van der Waals surface area contributed by atoms with Crippen LogP contribution in [0.4, 0.5) is 0 Å². The zero-order valence-corrected chi connectivity index (χ0v) is 12.2. The van der Waals surface area contributed by atoms with Crippen molar-refractivity contribution in [3.8, 4) is 0 Å². The van der Waals surface area contributed by atoms with E-state index in [1.807, 2.05) is 0 Å². The van der Waals surface area contributed by atoms with Gasteiger partial charge in [0.2, 0.25) is 0 Å². The molecule has 0 atom stereocenters. The fourth-order valence-corrected chi connectivity index (χ4v) is 2.46. The minimum atomic E-state index is -0.167. The van der Waals surface area contributed by atoms with Crippen molar-refractivity contribution in [2.24, 2.45) is 5.41 Å². The van der Waals surface area contributed by atoms with E-state index in [0.29, 0.717) is 0 Å². The Hall–Kier alpha value is -0.450. The van der Waals surface area contributed by atoms with E-state index >= 15 is 0 Å². The van der Waals surface area contributed by atoms with Crippen LogP contribution in [0, 0.1) is 5.41 Å². The lowest BCUT2D eigenvalue weighted by atomic mass is 9.81. The molecule has 1 aliphatic rings. The van der Waals surface area contributed by atoms with Crippen molar-refractivity contribution < 1.29 is 9.53 Å². The summed E-state index contributed by atoms with van der Waals surface area (Å²) in [5.74, 6) is 0. The molecule has 0 aromatic rings. The second-order valence-corrected chi connectivity index (χ2v) is 5.67. The van der Waals surface area contributed by atoms with Crippen molar-refractivity contribution in [3.05, 3.63) is 0 Å². The molecule has 1 rings (SSSR count). The fraction of sp³-hybridized carbons (Fsp3) is 0.929. The second-order valence-electron chi connectivity index (χ2n) is 5.67. The van der Waals surface area contributed by atoms with Crippen LogP contribution < -0.4 is 0 Å². The lowest BCUT2D eigenvalue weighted by molar-refractivity contribution is -0.123. The first-order chi connectivity index (χ1) is 8.62. The minimum absolute atomic E-state index is 0.167. The van der Waals surface area contributed by atoms with Gasteiger partial charge in [0.05, 0.1) is 0 Å². The van der Waals surface area contributed by atoms with Gasteiger partial charge in [-0.2, -0.15) is 0 Å². The smallest absolute Gasteiger partial charge is 0.127 e. The molecule has 1 heterocycles. The maximum Gasteiger partial charge on any atom is 0.127 e. The summed E-state index contributed by atoms with van der Waals surface area (Å²) in [5.41, 5.74) is -0.167. The van der Waals surface area contributed by atoms with Crippen LogP contribution in [0.25, 0.3) is 0 Å². The average Bonchev–Trinajstić information content (AvgIpc) is 2.37. The van der Waals surface area contributed by atoms with E-state index in [4.69, 9.17) is 4.74 Å². The molecule has 0 aliphatic carbocycles. The summed E-state index contributed by atoms with van der Waals surface area (Å²) >= 11 is 0. The Kier molecular flexibility index (Phi) is 6.82. The first-order valence-corrected chi connectivity index (χ1v) is 7.03. The highest BCUT2D eigenvalue weighted by Crippen LogP contribution is 2.29. The minimum Gasteiger partial charge on any atom is -0.381 e. The number of hydrogen-bond donors (Lipinski definition) is 0. The molecule has 0 bridgehead atoms. The predicted octanol–water partition coefficient (Wildman–Crippen LogP) is 1.26. The summed E-state index contributed by atoms with van der Waals surface area (Å²) in [6, 6.07) is 0. The number of likely N-dealkylation sites (N-methyl/N-ethyl adjacent to an activating group) is 1. The Morgan fingerprint density at radius 1 is 1.17 bits per heavy atom. The van der Waals surface area contributed by atoms with Gasteiger partial charge < -0.3 is 19.3 Å². The summed E-state index contributed by atoms with van der Waals surface area (Å²) in [5, 5.41) is 0. The molecule has 1 fully saturated rings. The van der Waals surface area contributed by atoms with E-state index in [0.717, 1.165) is 58.7 Å². The Balaban J connectivity index is 2.53. The number of carbonyl (C=O) groups is 1. The lowest BCUT2D eigenvalue weighted by Gasteiger charge is -2.37. The van der Waals surface area contributed by atoms with Crippen molar-refractivity contribution in [2.75, 3.05) is 53.5 Å². The molecule has 4 heteroatoms. The number of rotatable bonds is 8. The van der Waals surface area contributed by atoms with Gasteiger partial charge in [-0.1, -0.05) is 6.92 Å². The van der Waals surface area contributed by atoms with E-state index in [1.165, 1.54) is 6.29 Å². The number of carbonyl (C=O) groups excluding carboxylic acids is 1. The molecule has 4 nitrogen and oxygen atoms in total. The molecule has 0 aromatic carbocycles. The van der Waals surface area contributed by atoms with Gasteiger partial charge in [0, 0.05) is 38.3 Å². The maximum absolute atomic E-state index is 11.5.